The number of ether oxygens (including phenoxy) is 2. The first-order valence-electron chi connectivity index (χ1n) is 11.2. The molecule has 2 atom stereocenters. The molecule has 3 rings (SSSR count). The maximum Gasteiger partial charge on any atom is 0.424 e. The van der Waals surface area contributed by atoms with Crippen LogP contribution < -0.4 is 10.6 Å². The molecule has 2 aromatic heterocycles. The average Bonchev–Trinajstić information content (AvgIpc) is 2.80. The van der Waals surface area contributed by atoms with Crippen LogP contribution in [0.15, 0.2) is 29.4 Å². The zero-order valence-electron chi connectivity index (χ0n) is 21.3. The van der Waals surface area contributed by atoms with Crippen molar-refractivity contribution in [1.29, 1.82) is 5.26 Å². The van der Waals surface area contributed by atoms with Gasteiger partial charge in [-0.1, -0.05) is 11.6 Å². The van der Waals surface area contributed by atoms with Gasteiger partial charge in [-0.05, 0) is 52.8 Å². The molecule has 0 radical (unpaired) electrons. The van der Waals surface area contributed by atoms with Crippen molar-refractivity contribution >= 4 is 35.3 Å². The van der Waals surface area contributed by atoms with Gasteiger partial charge in [-0.15, -0.1) is 0 Å². The standard InChI is InChI=1S/C24H23ClF4N6O4/c1-21(2,3)39-20(37)34-19-23(5,24(27,28)29)38-11-22(4,35-19)17-14(26)6-7-15(32-17)33-18(36)16-13(25)8-12(9-30)10-31-16/h6-8,10H,11H2,1-5H3,(H,32,33,36)(H,34,35,37)/t22-,23+/m0/s1. The number of hydrogen-bond donors (Lipinski definition) is 2. The molecule has 0 fully saturated rings. The number of carbonyl (C=O) groups excluding carboxylic acids is 2. The van der Waals surface area contributed by atoms with E-state index in [-0.39, 0.29) is 22.1 Å². The summed E-state index contributed by atoms with van der Waals surface area (Å²) in [4.78, 5) is 36.9. The summed E-state index contributed by atoms with van der Waals surface area (Å²) in [6, 6.07) is 5.06. The quantitative estimate of drug-likeness (QED) is 0.501. The number of alkyl carbamates (subject to hydrolysis) is 1. The lowest BCUT2D eigenvalue weighted by Gasteiger charge is -2.41. The van der Waals surface area contributed by atoms with Crippen molar-refractivity contribution in [3.05, 3.63) is 52.2 Å². The van der Waals surface area contributed by atoms with Crippen LogP contribution in [0, 0.1) is 17.1 Å². The Kier molecular flexibility index (Phi) is 7.91. The van der Waals surface area contributed by atoms with E-state index in [9.17, 15) is 27.2 Å². The molecular formula is C24H23ClF4N6O4. The van der Waals surface area contributed by atoms with E-state index in [0.29, 0.717) is 6.92 Å². The number of pyridine rings is 2. The first-order valence-corrected chi connectivity index (χ1v) is 11.6. The van der Waals surface area contributed by atoms with Gasteiger partial charge in [-0.3, -0.25) is 15.1 Å². The molecule has 0 saturated carbocycles. The van der Waals surface area contributed by atoms with Gasteiger partial charge in [-0.25, -0.2) is 19.2 Å². The number of amidine groups is 1. The van der Waals surface area contributed by atoms with Gasteiger partial charge in [-0.2, -0.15) is 18.4 Å². The van der Waals surface area contributed by atoms with E-state index in [2.05, 4.69) is 20.3 Å². The van der Waals surface area contributed by atoms with Gasteiger partial charge in [0.15, 0.2) is 0 Å². The SMILES string of the molecule is CC(C)(C)OC(=O)NC1=N[C@](C)(c2nc(NC(=O)c3ncc(C#N)cc3Cl)ccc2F)CO[C@@]1(C)C(F)(F)F. The van der Waals surface area contributed by atoms with Gasteiger partial charge in [0.25, 0.3) is 5.91 Å². The number of rotatable bonds is 3. The maximum atomic E-state index is 14.9. The van der Waals surface area contributed by atoms with E-state index in [1.807, 2.05) is 11.4 Å². The molecule has 0 unspecified atom stereocenters. The number of anilines is 1. The number of nitrogens with zero attached hydrogens (tertiary/aromatic N) is 4. The monoisotopic (exact) mass is 570 g/mol. The second-order valence-electron chi connectivity index (χ2n) is 9.83. The zero-order valence-corrected chi connectivity index (χ0v) is 22.1. The van der Waals surface area contributed by atoms with Crippen LogP contribution >= 0.6 is 11.6 Å². The Hall–Kier alpha value is -3.83. The summed E-state index contributed by atoms with van der Waals surface area (Å²) in [5.74, 6) is -2.99. The molecule has 0 bridgehead atoms. The van der Waals surface area contributed by atoms with Crippen LogP contribution in [-0.2, 0) is 15.0 Å². The van der Waals surface area contributed by atoms with Crippen molar-refractivity contribution in [3.8, 4) is 6.07 Å². The van der Waals surface area contributed by atoms with Crippen molar-refractivity contribution in [2.75, 3.05) is 11.9 Å². The van der Waals surface area contributed by atoms with Gasteiger partial charge in [0.1, 0.15) is 46.1 Å². The van der Waals surface area contributed by atoms with Gasteiger partial charge >= 0.3 is 12.3 Å². The Balaban J connectivity index is 2.00. The lowest BCUT2D eigenvalue weighted by Crippen LogP contribution is -2.62. The fourth-order valence-electron chi connectivity index (χ4n) is 3.35. The van der Waals surface area contributed by atoms with E-state index in [1.165, 1.54) is 33.8 Å². The van der Waals surface area contributed by atoms with E-state index in [1.54, 1.807) is 0 Å². The van der Waals surface area contributed by atoms with Crippen molar-refractivity contribution < 1.29 is 36.6 Å². The summed E-state index contributed by atoms with van der Waals surface area (Å²) in [5, 5.41) is 13.1. The van der Waals surface area contributed by atoms with E-state index in [4.69, 9.17) is 26.3 Å². The third-order valence-corrected chi connectivity index (χ3v) is 5.68. The lowest BCUT2D eigenvalue weighted by atomic mass is 9.93. The minimum absolute atomic E-state index is 0.114. The van der Waals surface area contributed by atoms with Crippen molar-refractivity contribution in [3.63, 3.8) is 0 Å². The van der Waals surface area contributed by atoms with Crippen LogP contribution in [-0.4, -0.2) is 51.8 Å². The Morgan fingerprint density at radius 3 is 2.44 bits per heavy atom. The number of nitriles is 1. The highest BCUT2D eigenvalue weighted by atomic mass is 35.5. The fraction of sp³-hybridized carbons (Fsp3) is 0.417. The second kappa shape index (κ2) is 10.4. The summed E-state index contributed by atoms with van der Waals surface area (Å²) in [7, 11) is 0. The summed E-state index contributed by atoms with van der Waals surface area (Å²) >= 11 is 6.00. The van der Waals surface area contributed by atoms with E-state index in [0.717, 1.165) is 18.3 Å². The summed E-state index contributed by atoms with van der Waals surface area (Å²) in [6.45, 7) is 5.66. The molecule has 2 N–H and O–H groups in total. The molecule has 0 saturated heterocycles. The third kappa shape index (κ3) is 6.43. The first-order chi connectivity index (χ1) is 17.9. The number of halogens is 5. The summed E-state index contributed by atoms with van der Waals surface area (Å²) in [6.07, 6.45) is -5.13. The molecule has 3 heterocycles. The number of aliphatic imine (C=N–C) groups is 1. The summed E-state index contributed by atoms with van der Waals surface area (Å²) < 4.78 is 67.1. The fourth-order valence-corrected chi connectivity index (χ4v) is 3.61. The number of hydrogen-bond acceptors (Lipinski definition) is 8. The molecular weight excluding hydrogens is 548 g/mol. The molecule has 0 spiro atoms. The molecule has 1 aliphatic heterocycles. The van der Waals surface area contributed by atoms with Crippen LogP contribution in [0.5, 0.6) is 0 Å². The molecule has 10 nitrogen and oxygen atoms in total. The van der Waals surface area contributed by atoms with Crippen molar-refractivity contribution in [1.82, 2.24) is 15.3 Å². The molecule has 2 amide bonds. The van der Waals surface area contributed by atoms with E-state index < -0.39 is 58.9 Å². The molecule has 0 aliphatic carbocycles. The van der Waals surface area contributed by atoms with Crippen LogP contribution in [0.1, 0.15) is 56.4 Å². The minimum Gasteiger partial charge on any atom is -0.444 e. The Morgan fingerprint density at radius 2 is 1.87 bits per heavy atom. The zero-order chi connectivity index (χ0) is 29.4. The average molecular weight is 571 g/mol. The van der Waals surface area contributed by atoms with Gasteiger partial charge in [0.2, 0.25) is 5.60 Å². The molecule has 15 heteroatoms. The highest BCUT2D eigenvalue weighted by molar-refractivity contribution is 6.34. The topological polar surface area (TPSA) is 139 Å². The molecule has 39 heavy (non-hydrogen) atoms. The van der Waals surface area contributed by atoms with Crippen LogP contribution in [0.3, 0.4) is 0 Å². The summed E-state index contributed by atoms with van der Waals surface area (Å²) in [5.41, 5.74) is -6.58. The molecule has 2 aromatic rings. The van der Waals surface area contributed by atoms with Crippen molar-refractivity contribution in [2.45, 2.75) is 57.5 Å². The van der Waals surface area contributed by atoms with Crippen LogP contribution in [0.2, 0.25) is 5.02 Å². The predicted molar refractivity (Wildman–Crippen MR) is 131 cm³/mol. The first kappa shape index (κ1) is 29.7. The van der Waals surface area contributed by atoms with E-state index >= 15 is 0 Å². The Bertz CT molecular complexity index is 1390. The molecule has 208 valence electrons. The minimum atomic E-state index is -5.02. The number of aromatic nitrogens is 2. The maximum absolute atomic E-state index is 14.9. The lowest BCUT2D eigenvalue weighted by molar-refractivity contribution is -0.250. The Labute approximate surface area is 225 Å². The highest BCUT2D eigenvalue weighted by Gasteiger charge is 2.60. The van der Waals surface area contributed by atoms with Gasteiger partial charge < -0.3 is 14.8 Å². The molecule has 0 aromatic carbocycles. The third-order valence-electron chi connectivity index (χ3n) is 5.40. The number of nitrogens with one attached hydrogen (secondary N) is 2. The number of alkyl halides is 3. The largest absolute Gasteiger partial charge is 0.444 e. The van der Waals surface area contributed by atoms with Crippen LogP contribution in [0.4, 0.5) is 28.2 Å². The predicted octanol–water partition coefficient (Wildman–Crippen LogP) is 4.88. The van der Waals surface area contributed by atoms with Gasteiger partial charge in [0.05, 0.1) is 17.2 Å². The second-order valence-corrected chi connectivity index (χ2v) is 10.2. The smallest absolute Gasteiger partial charge is 0.424 e. The Morgan fingerprint density at radius 1 is 1.21 bits per heavy atom. The van der Waals surface area contributed by atoms with Crippen LogP contribution in [0.25, 0.3) is 0 Å². The van der Waals surface area contributed by atoms with Crippen molar-refractivity contribution in [2.24, 2.45) is 4.99 Å². The molecule has 1 aliphatic rings. The number of carbonyl (C=O) groups is 2. The number of amides is 2. The highest BCUT2D eigenvalue weighted by Crippen LogP contribution is 2.41. The van der Waals surface area contributed by atoms with Gasteiger partial charge in [0, 0.05) is 6.20 Å². The normalized spacial score (nSPS) is 21.4.